The number of likely N-dealkylation sites (N-methyl/N-ethyl adjacent to an activating group) is 1. The van der Waals surface area contributed by atoms with Crippen LogP contribution in [0.3, 0.4) is 0 Å². The summed E-state index contributed by atoms with van der Waals surface area (Å²) < 4.78 is 5.40. The summed E-state index contributed by atoms with van der Waals surface area (Å²) in [7, 11) is 0. The predicted molar refractivity (Wildman–Crippen MR) is 74.2 cm³/mol. The van der Waals surface area contributed by atoms with Crippen LogP contribution in [0.25, 0.3) is 0 Å². The van der Waals surface area contributed by atoms with E-state index in [4.69, 9.17) is 4.74 Å². The summed E-state index contributed by atoms with van der Waals surface area (Å²) in [5, 5.41) is 3.42. The van der Waals surface area contributed by atoms with Crippen LogP contribution in [0, 0.1) is 0 Å². The number of anilines is 1. The molecule has 1 aromatic heterocycles. The largest absolute Gasteiger partial charge is 0.478 e. The van der Waals surface area contributed by atoms with Crippen LogP contribution >= 0.6 is 0 Å². The van der Waals surface area contributed by atoms with Crippen molar-refractivity contribution in [3.05, 3.63) is 18.2 Å². The van der Waals surface area contributed by atoms with E-state index < -0.39 is 0 Å². The van der Waals surface area contributed by atoms with E-state index in [0.717, 1.165) is 18.9 Å². The number of ether oxygens (including phenoxy) is 1. The fraction of sp³-hybridized carbons (Fsp3) is 0.643. The summed E-state index contributed by atoms with van der Waals surface area (Å²) in [5.41, 5.74) is 0. The van der Waals surface area contributed by atoms with Crippen molar-refractivity contribution in [2.75, 3.05) is 31.6 Å². The van der Waals surface area contributed by atoms with E-state index in [-0.39, 0.29) is 0 Å². The maximum absolute atomic E-state index is 5.40. The number of nitrogens with one attached hydrogen (secondary N) is 1. The Morgan fingerprint density at radius 2 is 2.33 bits per heavy atom. The Morgan fingerprint density at radius 1 is 1.44 bits per heavy atom. The highest BCUT2D eigenvalue weighted by molar-refractivity contribution is 5.37. The van der Waals surface area contributed by atoms with Gasteiger partial charge in [0.05, 0.1) is 6.61 Å². The Hall–Kier alpha value is -1.29. The van der Waals surface area contributed by atoms with E-state index >= 15 is 0 Å². The van der Waals surface area contributed by atoms with Crippen LogP contribution in [0.5, 0.6) is 5.88 Å². The predicted octanol–water partition coefficient (Wildman–Crippen LogP) is 2.38. The zero-order chi connectivity index (χ0) is 12.8. The molecule has 2 rings (SSSR count). The van der Waals surface area contributed by atoms with Gasteiger partial charge in [-0.3, -0.25) is 4.90 Å². The van der Waals surface area contributed by atoms with E-state index in [1.54, 1.807) is 0 Å². The molecule has 4 heteroatoms. The lowest BCUT2D eigenvalue weighted by atomic mass is 10.2. The van der Waals surface area contributed by atoms with Crippen LogP contribution in [0.2, 0.25) is 0 Å². The van der Waals surface area contributed by atoms with Crippen LogP contribution in [0.1, 0.15) is 26.7 Å². The standard InChI is InChI=1S/C14H23N3O/c1-3-17-10-6-7-12(17)11-15-13-8-5-9-14(16-13)18-4-2/h5,8-9,12H,3-4,6-7,10-11H2,1-2H3,(H,15,16). The fourth-order valence-electron chi connectivity index (χ4n) is 2.51. The molecule has 0 radical (unpaired) electrons. The summed E-state index contributed by atoms with van der Waals surface area (Å²) >= 11 is 0. The minimum atomic E-state index is 0.646. The van der Waals surface area contributed by atoms with Gasteiger partial charge in [0, 0.05) is 18.7 Å². The van der Waals surface area contributed by atoms with Crippen LogP contribution < -0.4 is 10.1 Å². The first-order valence-electron chi connectivity index (χ1n) is 6.91. The van der Waals surface area contributed by atoms with Gasteiger partial charge < -0.3 is 10.1 Å². The molecular weight excluding hydrogens is 226 g/mol. The molecule has 1 fully saturated rings. The van der Waals surface area contributed by atoms with Crippen molar-refractivity contribution in [3.63, 3.8) is 0 Å². The second kappa shape index (κ2) is 6.59. The van der Waals surface area contributed by atoms with Crippen molar-refractivity contribution >= 4 is 5.82 Å². The minimum absolute atomic E-state index is 0.646. The normalized spacial score (nSPS) is 20.0. The van der Waals surface area contributed by atoms with Crippen LogP contribution in [-0.2, 0) is 0 Å². The zero-order valence-corrected chi connectivity index (χ0v) is 11.4. The van der Waals surface area contributed by atoms with Gasteiger partial charge in [-0.1, -0.05) is 13.0 Å². The van der Waals surface area contributed by atoms with Crippen LogP contribution in [0.4, 0.5) is 5.82 Å². The Kier molecular flexibility index (Phi) is 4.81. The highest BCUT2D eigenvalue weighted by Crippen LogP contribution is 2.18. The Bertz CT molecular complexity index is 370. The average Bonchev–Trinajstić information content (AvgIpc) is 2.84. The topological polar surface area (TPSA) is 37.4 Å². The number of aromatic nitrogens is 1. The fourth-order valence-corrected chi connectivity index (χ4v) is 2.51. The molecule has 0 aromatic carbocycles. The van der Waals surface area contributed by atoms with E-state index in [0.29, 0.717) is 18.5 Å². The van der Waals surface area contributed by atoms with Gasteiger partial charge in [-0.25, -0.2) is 0 Å². The number of nitrogens with zero attached hydrogens (tertiary/aromatic N) is 2. The van der Waals surface area contributed by atoms with Gasteiger partial charge in [0.15, 0.2) is 0 Å². The number of hydrogen-bond donors (Lipinski definition) is 1. The van der Waals surface area contributed by atoms with Gasteiger partial charge in [-0.05, 0) is 38.9 Å². The molecule has 2 heterocycles. The smallest absolute Gasteiger partial charge is 0.215 e. The summed E-state index contributed by atoms with van der Waals surface area (Å²) in [6.45, 7) is 8.19. The molecule has 1 aliphatic rings. The maximum Gasteiger partial charge on any atom is 0.215 e. The first-order valence-corrected chi connectivity index (χ1v) is 6.91. The monoisotopic (exact) mass is 249 g/mol. The number of rotatable bonds is 6. The van der Waals surface area contributed by atoms with Crippen molar-refractivity contribution in [2.24, 2.45) is 0 Å². The minimum Gasteiger partial charge on any atom is -0.478 e. The van der Waals surface area contributed by atoms with Crippen molar-refractivity contribution in [1.82, 2.24) is 9.88 Å². The third kappa shape index (κ3) is 3.35. The highest BCUT2D eigenvalue weighted by atomic mass is 16.5. The molecule has 1 N–H and O–H groups in total. The molecule has 0 saturated carbocycles. The molecule has 1 atom stereocenters. The quantitative estimate of drug-likeness (QED) is 0.840. The molecule has 100 valence electrons. The lowest BCUT2D eigenvalue weighted by Gasteiger charge is -2.23. The summed E-state index contributed by atoms with van der Waals surface area (Å²) in [6.07, 6.45) is 2.60. The Labute approximate surface area is 109 Å². The molecule has 4 nitrogen and oxygen atoms in total. The van der Waals surface area contributed by atoms with Crippen molar-refractivity contribution in [1.29, 1.82) is 0 Å². The third-order valence-corrected chi connectivity index (χ3v) is 3.44. The van der Waals surface area contributed by atoms with Crippen molar-refractivity contribution in [2.45, 2.75) is 32.7 Å². The Morgan fingerprint density at radius 3 is 3.11 bits per heavy atom. The van der Waals surface area contributed by atoms with Gasteiger partial charge in [0.2, 0.25) is 5.88 Å². The Balaban J connectivity index is 1.87. The number of pyridine rings is 1. The second-order valence-corrected chi connectivity index (χ2v) is 4.60. The van der Waals surface area contributed by atoms with Gasteiger partial charge in [-0.15, -0.1) is 0 Å². The lowest BCUT2D eigenvalue weighted by Crippen LogP contribution is -2.34. The van der Waals surface area contributed by atoms with Gasteiger partial charge >= 0.3 is 0 Å². The summed E-state index contributed by atoms with van der Waals surface area (Å²) in [6, 6.07) is 6.51. The second-order valence-electron chi connectivity index (χ2n) is 4.60. The molecular formula is C14H23N3O. The number of likely N-dealkylation sites (tertiary alicyclic amines) is 1. The maximum atomic E-state index is 5.40. The van der Waals surface area contributed by atoms with Crippen molar-refractivity contribution < 1.29 is 4.74 Å². The van der Waals surface area contributed by atoms with Gasteiger partial charge in [0.25, 0.3) is 0 Å². The molecule has 1 saturated heterocycles. The first-order chi connectivity index (χ1) is 8.83. The van der Waals surface area contributed by atoms with E-state index in [2.05, 4.69) is 22.1 Å². The van der Waals surface area contributed by atoms with Crippen molar-refractivity contribution in [3.8, 4) is 5.88 Å². The van der Waals surface area contributed by atoms with Gasteiger partial charge in [0.1, 0.15) is 5.82 Å². The lowest BCUT2D eigenvalue weighted by molar-refractivity contribution is 0.276. The molecule has 18 heavy (non-hydrogen) atoms. The van der Waals surface area contributed by atoms with E-state index in [9.17, 15) is 0 Å². The molecule has 0 amide bonds. The van der Waals surface area contributed by atoms with E-state index in [1.165, 1.54) is 19.4 Å². The summed E-state index contributed by atoms with van der Waals surface area (Å²) in [5.74, 6) is 1.60. The molecule has 0 bridgehead atoms. The number of hydrogen-bond acceptors (Lipinski definition) is 4. The average molecular weight is 249 g/mol. The van der Waals surface area contributed by atoms with Crippen LogP contribution in [-0.4, -0.2) is 42.2 Å². The third-order valence-electron chi connectivity index (χ3n) is 3.44. The molecule has 1 aromatic rings. The molecule has 1 unspecified atom stereocenters. The highest BCUT2D eigenvalue weighted by Gasteiger charge is 2.22. The van der Waals surface area contributed by atoms with E-state index in [1.807, 2.05) is 25.1 Å². The SMILES string of the molecule is CCOc1cccc(NCC2CCCN2CC)n1. The van der Waals surface area contributed by atoms with Gasteiger partial charge in [-0.2, -0.15) is 4.98 Å². The molecule has 0 spiro atoms. The first kappa shape index (κ1) is 13.1. The summed E-state index contributed by atoms with van der Waals surface area (Å²) in [4.78, 5) is 6.95. The molecule has 1 aliphatic heterocycles. The zero-order valence-electron chi connectivity index (χ0n) is 11.4. The van der Waals surface area contributed by atoms with Crippen LogP contribution in [0.15, 0.2) is 18.2 Å². The molecule has 0 aliphatic carbocycles.